The molecule has 1 fully saturated rings. The van der Waals surface area contributed by atoms with Gasteiger partial charge in [-0.2, -0.15) is 13.2 Å². The van der Waals surface area contributed by atoms with Gasteiger partial charge in [0.05, 0.1) is 26.2 Å². The number of benzene rings is 1. The van der Waals surface area contributed by atoms with E-state index in [1.54, 1.807) is 0 Å². The van der Waals surface area contributed by atoms with Crippen LogP contribution < -0.4 is 4.72 Å². The maximum atomic E-state index is 12.9. The minimum atomic E-state index is -4.73. The van der Waals surface area contributed by atoms with Gasteiger partial charge in [0.1, 0.15) is 0 Å². The Morgan fingerprint density at radius 2 is 1.77 bits per heavy atom. The number of piperazine rings is 1. The summed E-state index contributed by atoms with van der Waals surface area (Å²) < 4.78 is 66.4. The van der Waals surface area contributed by atoms with Crippen LogP contribution in [0.25, 0.3) is 0 Å². The summed E-state index contributed by atoms with van der Waals surface area (Å²) in [7, 11) is -2.48. The van der Waals surface area contributed by atoms with E-state index in [1.165, 1.54) is 17.2 Å². The summed E-state index contributed by atoms with van der Waals surface area (Å²) in [5.74, 6) is -0.493. The third-order valence-corrected chi connectivity index (χ3v) is 6.53. The van der Waals surface area contributed by atoms with Crippen LogP contribution in [0.15, 0.2) is 35.4 Å². The van der Waals surface area contributed by atoms with E-state index in [0.29, 0.717) is 38.3 Å². The van der Waals surface area contributed by atoms with Crippen molar-refractivity contribution in [1.29, 1.82) is 0 Å². The average Bonchev–Trinajstić information content (AvgIpc) is 2.67. The van der Waals surface area contributed by atoms with Crippen LogP contribution >= 0.6 is 23.2 Å². The molecule has 1 N–H and O–H groups in total. The molecule has 7 nitrogen and oxygen atoms in total. The molecule has 168 valence electrons. The van der Waals surface area contributed by atoms with Crippen LogP contribution in [0.1, 0.15) is 16.1 Å². The highest BCUT2D eigenvalue weighted by Gasteiger charge is 2.34. The first-order valence-corrected chi connectivity index (χ1v) is 11.2. The Balaban J connectivity index is 1.92. The number of pyridine rings is 1. The normalized spacial score (nSPS) is 15.7. The van der Waals surface area contributed by atoms with Crippen LogP contribution in [0.2, 0.25) is 10.0 Å². The lowest BCUT2D eigenvalue weighted by Crippen LogP contribution is -2.47. The Bertz CT molecular complexity index is 1100. The second-order valence-corrected chi connectivity index (χ2v) is 9.42. The molecule has 2 heterocycles. The molecule has 0 radical (unpaired) electrons. The van der Waals surface area contributed by atoms with Gasteiger partial charge in [0.25, 0.3) is 15.9 Å². The van der Waals surface area contributed by atoms with Gasteiger partial charge in [-0.15, -0.1) is 0 Å². The predicted octanol–water partition coefficient (Wildman–Crippen LogP) is 3.60. The van der Waals surface area contributed by atoms with Gasteiger partial charge < -0.3 is 9.80 Å². The number of hydrogen-bond donors (Lipinski definition) is 1. The number of aromatic nitrogens is 1. The van der Waals surface area contributed by atoms with E-state index in [0.717, 1.165) is 6.07 Å². The lowest BCUT2D eigenvalue weighted by Gasteiger charge is -2.32. The number of anilines is 1. The Labute approximate surface area is 186 Å². The van der Waals surface area contributed by atoms with Gasteiger partial charge in [0.2, 0.25) is 0 Å². The van der Waals surface area contributed by atoms with Crippen molar-refractivity contribution in [2.24, 2.45) is 0 Å². The van der Waals surface area contributed by atoms with Crippen molar-refractivity contribution in [3.8, 4) is 0 Å². The SMILES string of the molecule is CN1CCN(C(=O)c2ncc(Cl)cc2NS(=O)(=O)c2ccc(C(F)(F)F)c(Cl)c2)CC1. The highest BCUT2D eigenvalue weighted by molar-refractivity contribution is 7.92. The van der Waals surface area contributed by atoms with Gasteiger partial charge in [-0.25, -0.2) is 13.4 Å². The van der Waals surface area contributed by atoms with Crippen molar-refractivity contribution in [1.82, 2.24) is 14.8 Å². The van der Waals surface area contributed by atoms with Gasteiger partial charge in [-0.3, -0.25) is 9.52 Å². The lowest BCUT2D eigenvalue weighted by atomic mass is 10.2. The molecule has 1 aromatic carbocycles. The first-order chi connectivity index (χ1) is 14.4. The molecule has 1 aliphatic heterocycles. The van der Waals surface area contributed by atoms with E-state index in [4.69, 9.17) is 23.2 Å². The van der Waals surface area contributed by atoms with Crippen LogP contribution in [-0.2, 0) is 16.2 Å². The average molecular weight is 497 g/mol. The third-order valence-electron chi connectivity index (χ3n) is 4.65. The molecule has 31 heavy (non-hydrogen) atoms. The molecule has 13 heteroatoms. The molecule has 0 unspecified atom stereocenters. The summed E-state index contributed by atoms with van der Waals surface area (Å²) in [5.41, 5.74) is -1.52. The second-order valence-electron chi connectivity index (χ2n) is 6.89. The van der Waals surface area contributed by atoms with Crippen molar-refractivity contribution < 1.29 is 26.4 Å². The minimum absolute atomic E-state index is 0.0677. The summed E-state index contributed by atoms with van der Waals surface area (Å²) in [5, 5.41) is -0.702. The molecular weight excluding hydrogens is 480 g/mol. The largest absolute Gasteiger partial charge is 0.417 e. The summed E-state index contributed by atoms with van der Waals surface area (Å²) in [6.07, 6.45) is -3.52. The first kappa shape index (κ1) is 23.6. The molecule has 1 aromatic heterocycles. The second kappa shape index (κ2) is 8.81. The van der Waals surface area contributed by atoms with Gasteiger partial charge in [0, 0.05) is 32.4 Å². The number of alkyl halides is 3. The van der Waals surface area contributed by atoms with Crippen LogP contribution in [0, 0.1) is 0 Å². The van der Waals surface area contributed by atoms with Crippen LogP contribution in [0.5, 0.6) is 0 Å². The number of nitrogens with zero attached hydrogens (tertiary/aromatic N) is 3. The summed E-state index contributed by atoms with van der Waals surface area (Å²) >= 11 is 11.6. The van der Waals surface area contributed by atoms with Crippen LogP contribution in [-0.4, -0.2) is 62.3 Å². The fourth-order valence-corrected chi connectivity index (χ4v) is 4.54. The van der Waals surface area contributed by atoms with E-state index in [-0.39, 0.29) is 16.4 Å². The Kier molecular flexibility index (Phi) is 6.70. The zero-order chi connectivity index (χ0) is 23.0. The molecule has 0 saturated carbocycles. The molecule has 0 bridgehead atoms. The van der Waals surface area contributed by atoms with Gasteiger partial charge in [0.15, 0.2) is 5.69 Å². The fourth-order valence-electron chi connectivity index (χ4n) is 2.94. The highest BCUT2D eigenvalue weighted by Crippen LogP contribution is 2.36. The zero-order valence-corrected chi connectivity index (χ0v) is 18.4. The van der Waals surface area contributed by atoms with E-state index in [2.05, 4.69) is 9.71 Å². The number of halogens is 5. The predicted molar refractivity (Wildman–Crippen MR) is 110 cm³/mol. The molecule has 0 aliphatic carbocycles. The quantitative estimate of drug-likeness (QED) is 0.699. The smallest absolute Gasteiger partial charge is 0.335 e. The van der Waals surface area contributed by atoms with Crippen molar-refractivity contribution >= 4 is 44.8 Å². The van der Waals surface area contributed by atoms with Crippen molar-refractivity contribution in [2.45, 2.75) is 11.1 Å². The monoisotopic (exact) mass is 496 g/mol. The third kappa shape index (κ3) is 5.40. The van der Waals surface area contributed by atoms with Gasteiger partial charge in [-0.05, 0) is 31.3 Å². The van der Waals surface area contributed by atoms with Gasteiger partial charge >= 0.3 is 6.18 Å². The molecule has 1 aliphatic rings. The number of hydrogen-bond acceptors (Lipinski definition) is 5. The minimum Gasteiger partial charge on any atom is -0.335 e. The van der Waals surface area contributed by atoms with Crippen molar-refractivity contribution in [2.75, 3.05) is 37.9 Å². The molecular formula is C18H17Cl2F3N4O3S. The summed E-state index contributed by atoms with van der Waals surface area (Å²) in [6, 6.07) is 3.24. The molecule has 1 amide bonds. The molecule has 0 spiro atoms. The van der Waals surface area contributed by atoms with Gasteiger partial charge in [-0.1, -0.05) is 23.2 Å². The van der Waals surface area contributed by atoms with E-state index >= 15 is 0 Å². The molecule has 1 saturated heterocycles. The van der Waals surface area contributed by atoms with Crippen LogP contribution in [0.4, 0.5) is 18.9 Å². The maximum absolute atomic E-state index is 12.9. The number of carbonyl (C=O) groups excluding carboxylic acids is 1. The first-order valence-electron chi connectivity index (χ1n) is 8.91. The number of amides is 1. The number of carbonyl (C=O) groups is 1. The molecule has 0 atom stereocenters. The van der Waals surface area contributed by atoms with Crippen LogP contribution in [0.3, 0.4) is 0 Å². The van der Waals surface area contributed by atoms with E-state index in [1.807, 2.05) is 11.9 Å². The Morgan fingerprint density at radius 3 is 2.35 bits per heavy atom. The van der Waals surface area contributed by atoms with E-state index < -0.39 is 37.6 Å². The Morgan fingerprint density at radius 1 is 1.13 bits per heavy atom. The maximum Gasteiger partial charge on any atom is 0.417 e. The Hall–Kier alpha value is -2.08. The number of sulfonamides is 1. The number of rotatable bonds is 4. The summed E-state index contributed by atoms with van der Waals surface area (Å²) in [4.78, 5) is 19.9. The number of nitrogens with one attached hydrogen (secondary N) is 1. The summed E-state index contributed by atoms with van der Waals surface area (Å²) in [6.45, 7) is 2.15. The van der Waals surface area contributed by atoms with Crippen molar-refractivity contribution in [3.05, 3.63) is 51.8 Å². The molecule has 3 rings (SSSR count). The highest BCUT2D eigenvalue weighted by atomic mass is 35.5. The topological polar surface area (TPSA) is 82.6 Å². The number of likely N-dealkylation sites (N-methyl/N-ethyl adjacent to an activating group) is 1. The fraction of sp³-hybridized carbons (Fsp3) is 0.333. The lowest BCUT2D eigenvalue weighted by molar-refractivity contribution is -0.137. The van der Waals surface area contributed by atoms with Crippen molar-refractivity contribution in [3.63, 3.8) is 0 Å². The van der Waals surface area contributed by atoms with E-state index in [9.17, 15) is 26.4 Å². The molecule has 2 aromatic rings. The standard InChI is InChI=1S/C18H17Cl2F3N4O3S/c1-26-4-6-27(7-5-26)17(28)16-15(8-11(19)10-24-16)25-31(29,30)12-2-3-13(14(20)9-12)18(21,22)23/h2-3,8-10,25H,4-7H2,1H3. The zero-order valence-electron chi connectivity index (χ0n) is 16.1.